The van der Waals surface area contributed by atoms with E-state index in [2.05, 4.69) is 4.74 Å². The minimum absolute atomic E-state index is 0.0624. The largest absolute Gasteiger partial charge is 0.573 e. The number of amides is 1. The van der Waals surface area contributed by atoms with Crippen molar-refractivity contribution in [3.63, 3.8) is 0 Å². The molecule has 0 aliphatic carbocycles. The maximum atomic E-state index is 12.6. The third-order valence-corrected chi connectivity index (χ3v) is 4.56. The van der Waals surface area contributed by atoms with Crippen molar-refractivity contribution < 1.29 is 22.7 Å². The molecule has 132 valence electrons. The van der Waals surface area contributed by atoms with Gasteiger partial charge in [0, 0.05) is 11.6 Å². The Morgan fingerprint density at radius 2 is 1.80 bits per heavy atom. The topological polar surface area (TPSA) is 29.5 Å². The van der Waals surface area contributed by atoms with Crippen LogP contribution in [0.5, 0.6) is 5.75 Å². The summed E-state index contributed by atoms with van der Waals surface area (Å²) in [6, 6.07) is 8.92. The number of fused-ring (bicyclic) bond motifs is 1. The molecule has 1 heterocycles. The molecule has 8 heteroatoms. The van der Waals surface area contributed by atoms with Crippen molar-refractivity contribution in [2.75, 3.05) is 0 Å². The van der Waals surface area contributed by atoms with Crippen LogP contribution in [0.15, 0.2) is 36.4 Å². The monoisotopic (exact) mass is 389 g/mol. The number of rotatable bonds is 3. The van der Waals surface area contributed by atoms with Gasteiger partial charge in [-0.3, -0.25) is 4.79 Å². The first-order valence-corrected chi connectivity index (χ1v) is 8.06. The summed E-state index contributed by atoms with van der Waals surface area (Å²) in [5.41, 5.74) is 1.46. The molecule has 1 atom stereocenters. The highest BCUT2D eigenvalue weighted by atomic mass is 35.5. The second-order valence-electron chi connectivity index (χ2n) is 5.65. The van der Waals surface area contributed by atoms with Gasteiger partial charge in [0.05, 0.1) is 16.6 Å². The minimum Gasteiger partial charge on any atom is -0.406 e. The fraction of sp³-hybridized carbons (Fsp3) is 0.235. The van der Waals surface area contributed by atoms with E-state index in [1.807, 2.05) is 6.92 Å². The van der Waals surface area contributed by atoms with E-state index in [9.17, 15) is 18.0 Å². The van der Waals surface area contributed by atoms with Crippen LogP contribution < -0.4 is 4.74 Å². The fourth-order valence-electron chi connectivity index (χ4n) is 2.83. The Labute approximate surface area is 151 Å². The lowest BCUT2D eigenvalue weighted by Crippen LogP contribution is -2.27. The maximum absolute atomic E-state index is 12.6. The van der Waals surface area contributed by atoms with Crippen LogP contribution in [0.1, 0.15) is 34.5 Å². The van der Waals surface area contributed by atoms with E-state index in [1.165, 1.54) is 11.0 Å². The molecule has 0 bridgehead atoms. The number of carbonyl (C=O) groups is 1. The van der Waals surface area contributed by atoms with E-state index in [4.69, 9.17) is 23.2 Å². The molecule has 0 N–H and O–H groups in total. The zero-order valence-corrected chi connectivity index (χ0v) is 14.4. The Bertz CT molecular complexity index is 822. The Balaban J connectivity index is 1.90. The van der Waals surface area contributed by atoms with Gasteiger partial charge in [0.25, 0.3) is 5.91 Å². The molecule has 0 spiro atoms. The van der Waals surface area contributed by atoms with Gasteiger partial charge < -0.3 is 9.64 Å². The van der Waals surface area contributed by atoms with Gasteiger partial charge in [-0.25, -0.2) is 0 Å². The molecule has 0 aromatic heterocycles. The number of nitrogens with zero attached hydrogens (tertiary/aromatic N) is 1. The number of halogens is 5. The summed E-state index contributed by atoms with van der Waals surface area (Å²) < 4.78 is 41.1. The van der Waals surface area contributed by atoms with E-state index in [1.54, 1.807) is 24.3 Å². The standard InChI is InChI=1S/C17H12Cl2F3NO2/c1-9(10-2-4-12(18)5-3-10)23-8-11-6-13(25-17(20,21)22)7-14(19)15(11)16(23)24/h2-7,9H,8H2,1H3/t9-/m0/s1. The second-order valence-corrected chi connectivity index (χ2v) is 6.49. The van der Waals surface area contributed by atoms with Crippen LogP contribution in [-0.4, -0.2) is 17.2 Å². The van der Waals surface area contributed by atoms with Crippen molar-refractivity contribution in [2.45, 2.75) is 25.9 Å². The first kappa shape index (κ1) is 17.9. The SMILES string of the molecule is C[C@@H](c1ccc(Cl)cc1)N1Cc2cc(OC(F)(F)F)cc(Cl)c2C1=O. The quantitative estimate of drug-likeness (QED) is 0.682. The van der Waals surface area contributed by atoms with Gasteiger partial charge in [0.1, 0.15) is 5.75 Å². The molecule has 0 saturated heterocycles. The number of carbonyl (C=O) groups excluding carboxylic acids is 1. The molecule has 25 heavy (non-hydrogen) atoms. The van der Waals surface area contributed by atoms with Crippen molar-refractivity contribution >= 4 is 29.1 Å². The summed E-state index contributed by atoms with van der Waals surface area (Å²) in [6.45, 7) is 1.97. The van der Waals surface area contributed by atoms with Crippen LogP contribution >= 0.6 is 23.2 Å². The third-order valence-electron chi connectivity index (χ3n) is 4.01. The molecule has 0 unspecified atom stereocenters. The van der Waals surface area contributed by atoms with Crippen LogP contribution in [0.3, 0.4) is 0 Å². The lowest BCUT2D eigenvalue weighted by Gasteiger charge is -2.24. The predicted molar refractivity (Wildman–Crippen MR) is 87.9 cm³/mol. The highest BCUT2D eigenvalue weighted by Gasteiger charge is 2.36. The van der Waals surface area contributed by atoms with Crippen molar-refractivity contribution in [1.82, 2.24) is 4.90 Å². The molecule has 1 aliphatic rings. The molecule has 3 rings (SSSR count). The van der Waals surface area contributed by atoms with Gasteiger partial charge in [-0.2, -0.15) is 0 Å². The third kappa shape index (κ3) is 3.70. The van der Waals surface area contributed by atoms with Crippen molar-refractivity contribution in [2.24, 2.45) is 0 Å². The Morgan fingerprint density at radius 1 is 1.16 bits per heavy atom. The summed E-state index contributed by atoms with van der Waals surface area (Å²) in [5, 5.41) is 0.511. The van der Waals surface area contributed by atoms with E-state index in [-0.39, 0.29) is 29.1 Å². The molecule has 1 aliphatic heterocycles. The molecule has 3 nitrogen and oxygen atoms in total. The van der Waals surface area contributed by atoms with Gasteiger partial charge in [0.2, 0.25) is 0 Å². The summed E-state index contributed by atoms with van der Waals surface area (Å²) in [5.74, 6) is -0.772. The average Bonchev–Trinajstić information content (AvgIpc) is 2.83. The van der Waals surface area contributed by atoms with Crippen molar-refractivity contribution in [3.05, 3.63) is 63.1 Å². The van der Waals surface area contributed by atoms with Gasteiger partial charge in [0.15, 0.2) is 0 Å². The molecular formula is C17H12Cl2F3NO2. The number of ether oxygens (including phenoxy) is 1. The van der Waals surface area contributed by atoms with Crippen LogP contribution in [0.2, 0.25) is 10.0 Å². The summed E-state index contributed by atoms with van der Waals surface area (Å²) >= 11 is 11.9. The van der Waals surface area contributed by atoms with Gasteiger partial charge in [-0.15, -0.1) is 13.2 Å². The van der Waals surface area contributed by atoms with E-state index in [0.29, 0.717) is 10.6 Å². The Kier molecular flexibility index (Phi) is 4.60. The lowest BCUT2D eigenvalue weighted by atomic mass is 10.1. The van der Waals surface area contributed by atoms with Gasteiger partial charge >= 0.3 is 6.36 Å². The van der Waals surface area contributed by atoms with E-state index >= 15 is 0 Å². The number of hydrogen-bond acceptors (Lipinski definition) is 2. The zero-order chi connectivity index (χ0) is 18.4. The number of hydrogen-bond donors (Lipinski definition) is 0. The number of alkyl halides is 3. The first-order chi connectivity index (χ1) is 11.7. The molecule has 0 fully saturated rings. The Morgan fingerprint density at radius 3 is 2.40 bits per heavy atom. The molecule has 1 amide bonds. The van der Waals surface area contributed by atoms with Crippen LogP contribution in [-0.2, 0) is 6.54 Å². The fourth-order valence-corrected chi connectivity index (χ4v) is 3.26. The van der Waals surface area contributed by atoms with Crippen molar-refractivity contribution in [1.29, 1.82) is 0 Å². The summed E-state index contributed by atoms with van der Waals surface area (Å²) in [7, 11) is 0. The highest BCUT2D eigenvalue weighted by molar-refractivity contribution is 6.34. The molecule has 2 aromatic carbocycles. The Hall–Kier alpha value is -1.92. The maximum Gasteiger partial charge on any atom is 0.573 e. The lowest BCUT2D eigenvalue weighted by molar-refractivity contribution is -0.274. The predicted octanol–water partition coefficient (Wildman–Crippen LogP) is 5.61. The smallest absolute Gasteiger partial charge is 0.406 e. The first-order valence-electron chi connectivity index (χ1n) is 7.30. The van der Waals surface area contributed by atoms with Gasteiger partial charge in [-0.1, -0.05) is 35.3 Å². The van der Waals surface area contributed by atoms with Crippen LogP contribution in [0, 0.1) is 0 Å². The summed E-state index contributed by atoms with van der Waals surface area (Å²) in [6.07, 6.45) is -4.82. The molecule has 2 aromatic rings. The normalized spacial score (nSPS) is 15.3. The van der Waals surface area contributed by atoms with Crippen LogP contribution in [0.25, 0.3) is 0 Å². The zero-order valence-electron chi connectivity index (χ0n) is 12.9. The molecule has 0 saturated carbocycles. The van der Waals surface area contributed by atoms with Crippen LogP contribution in [0.4, 0.5) is 13.2 Å². The highest BCUT2D eigenvalue weighted by Crippen LogP contribution is 2.38. The molecule has 0 radical (unpaired) electrons. The number of benzene rings is 2. The van der Waals surface area contributed by atoms with Gasteiger partial charge in [-0.05, 0) is 42.3 Å². The van der Waals surface area contributed by atoms with E-state index in [0.717, 1.165) is 11.6 Å². The average molecular weight is 390 g/mol. The van der Waals surface area contributed by atoms with Crippen molar-refractivity contribution in [3.8, 4) is 5.75 Å². The minimum atomic E-state index is -4.82. The summed E-state index contributed by atoms with van der Waals surface area (Å²) in [4.78, 5) is 14.2. The van der Waals surface area contributed by atoms with E-state index < -0.39 is 12.1 Å². The molecular weight excluding hydrogens is 378 g/mol. The second kappa shape index (κ2) is 6.42.